The van der Waals surface area contributed by atoms with Crippen LogP contribution in [0.1, 0.15) is 41.6 Å². The lowest BCUT2D eigenvalue weighted by molar-refractivity contribution is -0.0363. The minimum atomic E-state index is -0.900. The summed E-state index contributed by atoms with van der Waals surface area (Å²) >= 11 is 0. The zero-order valence-electron chi connectivity index (χ0n) is 11.2. The van der Waals surface area contributed by atoms with Gasteiger partial charge in [0.15, 0.2) is 0 Å². The van der Waals surface area contributed by atoms with Gasteiger partial charge in [0.25, 0.3) is 0 Å². The quantitative estimate of drug-likeness (QED) is 0.888. The minimum absolute atomic E-state index is 0.248. The second-order valence-corrected chi connectivity index (χ2v) is 4.96. The molecule has 1 saturated carbocycles. The lowest BCUT2D eigenvalue weighted by Gasteiger charge is -2.28. The number of ether oxygens (including phenoxy) is 2. The summed E-state index contributed by atoms with van der Waals surface area (Å²) in [6.45, 7) is 0.529. The van der Waals surface area contributed by atoms with Crippen molar-refractivity contribution in [2.24, 2.45) is 0 Å². The van der Waals surface area contributed by atoms with E-state index >= 15 is 0 Å². The molecular formula is C15H20O4. The van der Waals surface area contributed by atoms with Crippen LogP contribution in [0.15, 0.2) is 24.3 Å². The van der Waals surface area contributed by atoms with E-state index in [4.69, 9.17) is 14.6 Å². The number of carboxylic acids is 1. The van der Waals surface area contributed by atoms with E-state index in [1.807, 2.05) is 0 Å². The van der Waals surface area contributed by atoms with Crippen LogP contribution in [0.5, 0.6) is 0 Å². The van der Waals surface area contributed by atoms with E-state index < -0.39 is 5.97 Å². The number of carboxylic acid groups (broad SMARTS) is 1. The predicted molar refractivity (Wildman–Crippen MR) is 71.2 cm³/mol. The van der Waals surface area contributed by atoms with Gasteiger partial charge in [0.1, 0.15) is 0 Å². The fourth-order valence-electron chi connectivity index (χ4n) is 2.43. The van der Waals surface area contributed by atoms with Gasteiger partial charge in [-0.3, -0.25) is 0 Å². The molecule has 0 aromatic heterocycles. The molecule has 104 valence electrons. The molecule has 0 saturated heterocycles. The molecule has 1 aliphatic carbocycles. The highest BCUT2D eigenvalue weighted by molar-refractivity contribution is 5.87. The van der Waals surface area contributed by atoms with Crippen molar-refractivity contribution in [3.63, 3.8) is 0 Å². The first-order valence-electron chi connectivity index (χ1n) is 6.65. The Morgan fingerprint density at radius 3 is 2.58 bits per heavy atom. The van der Waals surface area contributed by atoms with Gasteiger partial charge in [-0.15, -0.1) is 0 Å². The molecule has 2 atom stereocenters. The van der Waals surface area contributed by atoms with Crippen LogP contribution in [-0.4, -0.2) is 30.4 Å². The van der Waals surface area contributed by atoms with Crippen LogP contribution in [0.4, 0.5) is 0 Å². The molecule has 0 amide bonds. The molecule has 0 radical (unpaired) electrons. The van der Waals surface area contributed by atoms with E-state index in [0.717, 1.165) is 31.2 Å². The normalized spacial score (nSPS) is 23.2. The number of rotatable bonds is 5. The smallest absolute Gasteiger partial charge is 0.335 e. The van der Waals surface area contributed by atoms with E-state index in [1.165, 1.54) is 0 Å². The van der Waals surface area contributed by atoms with E-state index in [2.05, 4.69) is 0 Å². The number of hydrogen-bond acceptors (Lipinski definition) is 3. The Balaban J connectivity index is 1.83. The van der Waals surface area contributed by atoms with E-state index in [0.29, 0.717) is 18.3 Å². The van der Waals surface area contributed by atoms with Crippen molar-refractivity contribution in [2.75, 3.05) is 7.11 Å². The fourth-order valence-corrected chi connectivity index (χ4v) is 2.43. The minimum Gasteiger partial charge on any atom is -0.478 e. The van der Waals surface area contributed by atoms with Gasteiger partial charge in [-0.25, -0.2) is 4.79 Å². The standard InChI is InChI=1S/C15H20O4/c1-18-13-3-2-4-14(9-13)19-10-11-5-7-12(8-6-11)15(16)17/h5-8,13-14H,2-4,9-10H2,1H3,(H,16,17). The first-order chi connectivity index (χ1) is 9.19. The maximum Gasteiger partial charge on any atom is 0.335 e. The molecule has 2 rings (SSSR count). The molecule has 1 aromatic rings. The van der Waals surface area contributed by atoms with Crippen LogP contribution in [0, 0.1) is 0 Å². The monoisotopic (exact) mass is 264 g/mol. The molecule has 1 aliphatic rings. The second-order valence-electron chi connectivity index (χ2n) is 4.96. The summed E-state index contributed by atoms with van der Waals surface area (Å²) in [7, 11) is 1.75. The fraction of sp³-hybridized carbons (Fsp3) is 0.533. The van der Waals surface area contributed by atoms with Gasteiger partial charge in [-0.05, 0) is 43.4 Å². The van der Waals surface area contributed by atoms with Crippen molar-refractivity contribution < 1.29 is 19.4 Å². The van der Waals surface area contributed by atoms with Crippen molar-refractivity contribution in [1.29, 1.82) is 0 Å². The highest BCUT2D eigenvalue weighted by Gasteiger charge is 2.22. The van der Waals surface area contributed by atoms with Gasteiger partial charge >= 0.3 is 5.97 Å². The second kappa shape index (κ2) is 6.68. The zero-order valence-corrected chi connectivity index (χ0v) is 11.2. The number of methoxy groups -OCH3 is 1. The molecule has 0 spiro atoms. The summed E-state index contributed by atoms with van der Waals surface area (Å²) < 4.78 is 11.2. The lowest BCUT2D eigenvalue weighted by atomic mass is 9.95. The highest BCUT2D eigenvalue weighted by Crippen LogP contribution is 2.23. The summed E-state index contributed by atoms with van der Waals surface area (Å²) in [6.07, 6.45) is 4.84. The Labute approximate surface area is 113 Å². The third kappa shape index (κ3) is 4.04. The van der Waals surface area contributed by atoms with Crippen LogP contribution in [-0.2, 0) is 16.1 Å². The third-order valence-electron chi connectivity index (χ3n) is 3.60. The molecular weight excluding hydrogens is 244 g/mol. The van der Waals surface area contributed by atoms with Crippen molar-refractivity contribution >= 4 is 5.97 Å². The SMILES string of the molecule is COC1CCCC(OCc2ccc(C(=O)O)cc2)C1. The molecule has 1 aromatic carbocycles. The van der Waals surface area contributed by atoms with Crippen LogP contribution >= 0.6 is 0 Å². The number of carbonyl (C=O) groups is 1. The van der Waals surface area contributed by atoms with Crippen LogP contribution in [0.3, 0.4) is 0 Å². The lowest BCUT2D eigenvalue weighted by Crippen LogP contribution is -2.27. The molecule has 1 fully saturated rings. The van der Waals surface area contributed by atoms with Crippen molar-refractivity contribution in [3.05, 3.63) is 35.4 Å². The zero-order chi connectivity index (χ0) is 13.7. The molecule has 2 unspecified atom stereocenters. The molecule has 0 bridgehead atoms. The highest BCUT2D eigenvalue weighted by atomic mass is 16.5. The molecule has 19 heavy (non-hydrogen) atoms. The Bertz CT molecular complexity index is 413. The molecule has 0 heterocycles. The predicted octanol–water partition coefficient (Wildman–Crippen LogP) is 2.86. The maximum absolute atomic E-state index is 10.7. The van der Waals surface area contributed by atoms with Gasteiger partial charge in [0.2, 0.25) is 0 Å². The van der Waals surface area contributed by atoms with Gasteiger partial charge in [0.05, 0.1) is 24.4 Å². The third-order valence-corrected chi connectivity index (χ3v) is 3.60. The summed E-state index contributed by atoms with van der Waals surface area (Å²) in [5.41, 5.74) is 1.31. The summed E-state index contributed by atoms with van der Waals surface area (Å²) in [4.78, 5) is 10.7. The summed E-state index contributed by atoms with van der Waals surface area (Å²) in [5.74, 6) is -0.900. The van der Waals surface area contributed by atoms with Crippen molar-refractivity contribution in [1.82, 2.24) is 0 Å². The Morgan fingerprint density at radius 2 is 1.95 bits per heavy atom. The maximum atomic E-state index is 10.7. The molecule has 4 nitrogen and oxygen atoms in total. The van der Waals surface area contributed by atoms with Crippen molar-refractivity contribution in [2.45, 2.75) is 44.5 Å². The van der Waals surface area contributed by atoms with Crippen LogP contribution in [0.2, 0.25) is 0 Å². The Hall–Kier alpha value is -1.39. The average Bonchev–Trinajstić information content (AvgIpc) is 2.46. The van der Waals surface area contributed by atoms with E-state index in [9.17, 15) is 4.79 Å². The first-order valence-corrected chi connectivity index (χ1v) is 6.65. The largest absolute Gasteiger partial charge is 0.478 e. The van der Waals surface area contributed by atoms with Gasteiger partial charge in [-0.2, -0.15) is 0 Å². The van der Waals surface area contributed by atoms with Crippen LogP contribution in [0.25, 0.3) is 0 Å². The Kier molecular flexibility index (Phi) is 4.93. The topological polar surface area (TPSA) is 55.8 Å². The Morgan fingerprint density at radius 1 is 1.26 bits per heavy atom. The molecule has 1 N–H and O–H groups in total. The van der Waals surface area contributed by atoms with Gasteiger partial charge in [0, 0.05) is 7.11 Å². The summed E-state index contributed by atoms with van der Waals surface area (Å²) in [5, 5.41) is 8.82. The number of benzene rings is 1. The van der Waals surface area contributed by atoms with E-state index in [1.54, 1.807) is 31.4 Å². The first kappa shape index (κ1) is 14.0. The average molecular weight is 264 g/mol. The van der Waals surface area contributed by atoms with E-state index in [-0.39, 0.29) is 6.10 Å². The van der Waals surface area contributed by atoms with Crippen LogP contribution < -0.4 is 0 Å². The van der Waals surface area contributed by atoms with Crippen molar-refractivity contribution in [3.8, 4) is 0 Å². The molecule has 0 aliphatic heterocycles. The molecule has 4 heteroatoms. The summed E-state index contributed by atoms with van der Waals surface area (Å²) in [6, 6.07) is 6.83. The van der Waals surface area contributed by atoms with Gasteiger partial charge in [-0.1, -0.05) is 12.1 Å². The van der Waals surface area contributed by atoms with Gasteiger partial charge < -0.3 is 14.6 Å². The number of aromatic carboxylic acids is 1. The number of hydrogen-bond donors (Lipinski definition) is 1.